The molecule has 1 atom stereocenters. The van der Waals surface area contributed by atoms with Gasteiger partial charge in [-0.25, -0.2) is 4.98 Å². The molecule has 0 aromatic carbocycles. The minimum Gasteiger partial charge on any atom is -0.389 e. The lowest BCUT2D eigenvalue weighted by molar-refractivity contribution is 0.00646. The van der Waals surface area contributed by atoms with Gasteiger partial charge in [0.1, 0.15) is 0 Å². The van der Waals surface area contributed by atoms with Gasteiger partial charge >= 0.3 is 0 Å². The van der Waals surface area contributed by atoms with Crippen LogP contribution in [0.3, 0.4) is 0 Å². The van der Waals surface area contributed by atoms with E-state index in [1.807, 2.05) is 26.4 Å². The van der Waals surface area contributed by atoms with Crippen LogP contribution in [0.25, 0.3) is 0 Å². The number of nitrogens with zero attached hydrogens (tertiary/aromatic N) is 2. The highest BCUT2D eigenvalue weighted by Gasteiger charge is 2.04. The highest BCUT2D eigenvalue weighted by atomic mass is 16.5. The Labute approximate surface area is 109 Å². The van der Waals surface area contributed by atoms with E-state index in [2.05, 4.69) is 14.9 Å². The van der Waals surface area contributed by atoms with Crippen molar-refractivity contribution in [1.82, 2.24) is 14.9 Å². The zero-order chi connectivity index (χ0) is 13.2. The van der Waals surface area contributed by atoms with Crippen LogP contribution >= 0.6 is 0 Å². The number of imidazole rings is 1. The van der Waals surface area contributed by atoms with E-state index in [4.69, 9.17) is 4.74 Å². The lowest BCUT2D eigenvalue weighted by atomic mass is 10.3. The van der Waals surface area contributed by atoms with Gasteiger partial charge in [-0.15, -0.1) is 0 Å². The van der Waals surface area contributed by atoms with Crippen molar-refractivity contribution in [3.63, 3.8) is 0 Å². The standard InChI is InChI=1S/C13H25N3O2/c1-12(2)18-10-13(17)9-14-5-3-4-7-16-8-6-15-11-16/h6,8,11-14,17H,3-5,7,9-10H2,1-2H3. The van der Waals surface area contributed by atoms with Gasteiger partial charge in [-0.05, 0) is 33.2 Å². The fourth-order valence-electron chi connectivity index (χ4n) is 1.59. The van der Waals surface area contributed by atoms with Gasteiger partial charge in [-0.2, -0.15) is 0 Å². The second-order valence-corrected chi connectivity index (χ2v) is 4.75. The third-order valence-electron chi connectivity index (χ3n) is 2.58. The number of aliphatic hydroxyl groups is 1. The Morgan fingerprint density at radius 2 is 2.22 bits per heavy atom. The number of aromatic nitrogens is 2. The van der Waals surface area contributed by atoms with Crippen molar-refractivity contribution in [1.29, 1.82) is 0 Å². The van der Waals surface area contributed by atoms with Crippen molar-refractivity contribution >= 4 is 0 Å². The summed E-state index contributed by atoms with van der Waals surface area (Å²) in [5, 5.41) is 12.8. The molecule has 0 amide bonds. The summed E-state index contributed by atoms with van der Waals surface area (Å²) < 4.78 is 7.41. The first-order valence-corrected chi connectivity index (χ1v) is 6.64. The lowest BCUT2D eigenvalue weighted by Crippen LogP contribution is -2.31. The van der Waals surface area contributed by atoms with Crippen molar-refractivity contribution in [2.24, 2.45) is 0 Å². The number of nitrogens with one attached hydrogen (secondary N) is 1. The molecule has 5 heteroatoms. The summed E-state index contributed by atoms with van der Waals surface area (Å²) in [5.74, 6) is 0. The van der Waals surface area contributed by atoms with Gasteiger partial charge in [-0.3, -0.25) is 0 Å². The van der Waals surface area contributed by atoms with Crippen molar-refractivity contribution in [3.8, 4) is 0 Å². The van der Waals surface area contributed by atoms with E-state index < -0.39 is 6.10 Å². The highest BCUT2D eigenvalue weighted by molar-refractivity contribution is 4.73. The number of hydrogen-bond acceptors (Lipinski definition) is 4. The Balaban J connectivity index is 1.89. The molecule has 1 aromatic rings. The smallest absolute Gasteiger partial charge is 0.0945 e. The molecule has 0 saturated heterocycles. The van der Waals surface area contributed by atoms with E-state index in [1.54, 1.807) is 6.20 Å². The third kappa shape index (κ3) is 7.42. The molecule has 5 nitrogen and oxygen atoms in total. The topological polar surface area (TPSA) is 59.3 Å². The van der Waals surface area contributed by atoms with Crippen LogP contribution in [-0.2, 0) is 11.3 Å². The fourth-order valence-corrected chi connectivity index (χ4v) is 1.59. The van der Waals surface area contributed by atoms with Crippen LogP contribution in [0.2, 0.25) is 0 Å². The molecule has 0 fully saturated rings. The second kappa shape index (κ2) is 9.08. The average molecular weight is 255 g/mol. The van der Waals surface area contributed by atoms with E-state index in [1.165, 1.54) is 0 Å². The molecule has 0 saturated carbocycles. The molecular formula is C13H25N3O2. The highest BCUT2D eigenvalue weighted by Crippen LogP contribution is 1.95. The number of ether oxygens (including phenoxy) is 1. The normalized spacial score (nSPS) is 13.1. The maximum absolute atomic E-state index is 9.60. The second-order valence-electron chi connectivity index (χ2n) is 4.75. The lowest BCUT2D eigenvalue weighted by Gasteiger charge is -2.14. The van der Waals surface area contributed by atoms with E-state index in [-0.39, 0.29) is 6.10 Å². The summed E-state index contributed by atoms with van der Waals surface area (Å²) in [6, 6.07) is 0. The van der Waals surface area contributed by atoms with Crippen molar-refractivity contribution in [2.75, 3.05) is 19.7 Å². The monoisotopic (exact) mass is 255 g/mol. The molecular weight excluding hydrogens is 230 g/mol. The summed E-state index contributed by atoms with van der Waals surface area (Å²) in [6.07, 6.45) is 7.57. The average Bonchev–Trinajstić information content (AvgIpc) is 2.84. The van der Waals surface area contributed by atoms with Gasteiger partial charge in [0.2, 0.25) is 0 Å². The molecule has 1 aromatic heterocycles. The van der Waals surface area contributed by atoms with Crippen LogP contribution in [0.4, 0.5) is 0 Å². The van der Waals surface area contributed by atoms with Gasteiger partial charge in [-0.1, -0.05) is 0 Å². The molecule has 1 heterocycles. The summed E-state index contributed by atoms with van der Waals surface area (Å²) in [5.41, 5.74) is 0. The van der Waals surface area contributed by atoms with Crippen molar-refractivity contribution in [2.45, 2.75) is 45.4 Å². The maximum Gasteiger partial charge on any atom is 0.0945 e. The molecule has 0 spiro atoms. The van der Waals surface area contributed by atoms with E-state index >= 15 is 0 Å². The minimum atomic E-state index is -0.416. The molecule has 0 aliphatic rings. The van der Waals surface area contributed by atoms with E-state index in [0.717, 1.165) is 25.9 Å². The molecule has 18 heavy (non-hydrogen) atoms. The Bertz CT molecular complexity index is 288. The quantitative estimate of drug-likeness (QED) is 0.613. The Kier molecular flexibility index (Phi) is 7.64. The first-order valence-electron chi connectivity index (χ1n) is 6.64. The molecule has 2 N–H and O–H groups in total. The first kappa shape index (κ1) is 15.1. The van der Waals surface area contributed by atoms with Crippen LogP contribution in [0.1, 0.15) is 26.7 Å². The van der Waals surface area contributed by atoms with Gasteiger partial charge in [0.05, 0.1) is 25.1 Å². The van der Waals surface area contributed by atoms with Gasteiger partial charge in [0.25, 0.3) is 0 Å². The number of rotatable bonds is 10. The summed E-state index contributed by atoms with van der Waals surface area (Å²) in [4.78, 5) is 4.00. The van der Waals surface area contributed by atoms with Crippen LogP contribution in [-0.4, -0.2) is 46.6 Å². The SMILES string of the molecule is CC(C)OCC(O)CNCCCCn1ccnc1. The first-order chi connectivity index (χ1) is 8.68. The van der Waals surface area contributed by atoms with Crippen LogP contribution < -0.4 is 5.32 Å². The molecule has 0 bridgehead atoms. The van der Waals surface area contributed by atoms with Gasteiger partial charge in [0, 0.05) is 25.5 Å². The Hall–Kier alpha value is -0.910. The molecule has 1 unspecified atom stereocenters. The minimum absolute atomic E-state index is 0.176. The largest absolute Gasteiger partial charge is 0.389 e. The number of aliphatic hydroxyl groups excluding tert-OH is 1. The van der Waals surface area contributed by atoms with Crippen LogP contribution in [0.5, 0.6) is 0 Å². The summed E-state index contributed by atoms with van der Waals surface area (Å²) in [6.45, 7) is 6.86. The zero-order valence-corrected chi connectivity index (χ0v) is 11.4. The molecule has 104 valence electrons. The zero-order valence-electron chi connectivity index (χ0n) is 11.4. The van der Waals surface area contributed by atoms with E-state index in [9.17, 15) is 5.11 Å². The van der Waals surface area contributed by atoms with Crippen LogP contribution in [0.15, 0.2) is 18.7 Å². The van der Waals surface area contributed by atoms with E-state index in [0.29, 0.717) is 13.2 Å². The van der Waals surface area contributed by atoms with Crippen LogP contribution in [0, 0.1) is 0 Å². The summed E-state index contributed by atoms with van der Waals surface area (Å²) >= 11 is 0. The molecule has 0 aliphatic carbocycles. The molecule has 0 aliphatic heterocycles. The Morgan fingerprint density at radius 1 is 1.39 bits per heavy atom. The summed E-state index contributed by atoms with van der Waals surface area (Å²) in [7, 11) is 0. The molecule has 1 rings (SSSR count). The predicted molar refractivity (Wildman–Crippen MR) is 71.4 cm³/mol. The number of unbranched alkanes of at least 4 members (excludes halogenated alkanes) is 1. The number of hydrogen-bond donors (Lipinski definition) is 2. The third-order valence-corrected chi connectivity index (χ3v) is 2.58. The number of aryl methyl sites for hydroxylation is 1. The van der Waals surface area contributed by atoms with Gasteiger partial charge < -0.3 is 19.7 Å². The van der Waals surface area contributed by atoms with Gasteiger partial charge in [0.15, 0.2) is 0 Å². The van der Waals surface area contributed by atoms with Crippen molar-refractivity contribution in [3.05, 3.63) is 18.7 Å². The van der Waals surface area contributed by atoms with Crippen molar-refractivity contribution < 1.29 is 9.84 Å². The maximum atomic E-state index is 9.60. The predicted octanol–water partition coefficient (Wildman–Crippen LogP) is 1.04. The molecule has 0 radical (unpaired) electrons. The fraction of sp³-hybridized carbons (Fsp3) is 0.769. The Morgan fingerprint density at radius 3 is 2.89 bits per heavy atom.